The molecular weight excluding hydrogens is 234 g/mol. The minimum Gasteiger partial charge on any atom is -0.379 e. The maximum atomic E-state index is 5.83. The highest BCUT2D eigenvalue weighted by molar-refractivity contribution is 6.30. The first-order valence-corrected chi connectivity index (χ1v) is 6.08. The van der Waals surface area contributed by atoms with Crippen molar-refractivity contribution in [3.05, 3.63) is 46.7 Å². The summed E-state index contributed by atoms with van der Waals surface area (Å²) in [5.74, 6) is 0. The van der Waals surface area contributed by atoms with Crippen molar-refractivity contribution in [3.8, 4) is 0 Å². The van der Waals surface area contributed by atoms with Crippen LogP contribution in [-0.2, 0) is 20.0 Å². The summed E-state index contributed by atoms with van der Waals surface area (Å²) < 4.78 is 1.92. The van der Waals surface area contributed by atoms with Gasteiger partial charge < -0.3 is 5.32 Å². The van der Waals surface area contributed by atoms with Crippen LogP contribution in [0.25, 0.3) is 0 Å². The molecule has 0 fully saturated rings. The van der Waals surface area contributed by atoms with Gasteiger partial charge in [0.05, 0.1) is 17.9 Å². The standard InChI is InChI=1S/C13H16ClN3/c1-3-11-8-13(17(2)16-11)9-15-12-6-4-10(14)5-7-12/h4-8,15H,3,9H2,1-2H3. The van der Waals surface area contributed by atoms with Crippen LogP contribution in [-0.4, -0.2) is 9.78 Å². The molecule has 0 radical (unpaired) electrons. The fraction of sp³-hybridized carbons (Fsp3) is 0.308. The van der Waals surface area contributed by atoms with Gasteiger partial charge in [-0.15, -0.1) is 0 Å². The molecule has 17 heavy (non-hydrogen) atoms. The molecule has 3 nitrogen and oxygen atoms in total. The number of benzene rings is 1. The third kappa shape index (κ3) is 3.01. The highest BCUT2D eigenvalue weighted by atomic mass is 35.5. The number of aromatic nitrogens is 2. The molecule has 0 saturated heterocycles. The molecule has 4 heteroatoms. The van der Waals surface area contributed by atoms with Gasteiger partial charge in [-0.05, 0) is 36.8 Å². The van der Waals surface area contributed by atoms with Gasteiger partial charge in [-0.1, -0.05) is 18.5 Å². The Morgan fingerprint density at radius 3 is 2.59 bits per heavy atom. The molecule has 0 amide bonds. The lowest BCUT2D eigenvalue weighted by Gasteiger charge is -2.06. The third-order valence-corrected chi connectivity index (χ3v) is 2.96. The molecule has 2 rings (SSSR count). The Kier molecular flexibility index (Phi) is 3.69. The van der Waals surface area contributed by atoms with Crippen LogP contribution in [0.2, 0.25) is 5.02 Å². The highest BCUT2D eigenvalue weighted by Crippen LogP contribution is 2.14. The normalized spacial score (nSPS) is 10.5. The van der Waals surface area contributed by atoms with Crippen molar-refractivity contribution in [2.45, 2.75) is 19.9 Å². The van der Waals surface area contributed by atoms with Crippen LogP contribution in [0.3, 0.4) is 0 Å². The predicted molar refractivity (Wildman–Crippen MR) is 71.4 cm³/mol. The number of rotatable bonds is 4. The fourth-order valence-corrected chi connectivity index (χ4v) is 1.80. The molecule has 0 aliphatic carbocycles. The van der Waals surface area contributed by atoms with E-state index < -0.39 is 0 Å². The van der Waals surface area contributed by atoms with Crippen molar-refractivity contribution in [2.24, 2.45) is 7.05 Å². The van der Waals surface area contributed by atoms with E-state index in [0.717, 1.165) is 29.4 Å². The lowest BCUT2D eigenvalue weighted by atomic mass is 10.3. The van der Waals surface area contributed by atoms with E-state index in [0.29, 0.717) is 0 Å². The van der Waals surface area contributed by atoms with Crippen LogP contribution in [0, 0.1) is 0 Å². The second-order valence-electron chi connectivity index (χ2n) is 3.96. The van der Waals surface area contributed by atoms with Crippen LogP contribution in [0.1, 0.15) is 18.3 Å². The number of hydrogen-bond acceptors (Lipinski definition) is 2. The van der Waals surface area contributed by atoms with Crippen molar-refractivity contribution >= 4 is 17.3 Å². The van der Waals surface area contributed by atoms with Crippen molar-refractivity contribution in [1.82, 2.24) is 9.78 Å². The summed E-state index contributed by atoms with van der Waals surface area (Å²) in [6.07, 6.45) is 0.967. The molecule has 1 heterocycles. The van der Waals surface area contributed by atoms with Gasteiger partial charge in [-0.3, -0.25) is 4.68 Å². The largest absolute Gasteiger partial charge is 0.379 e. The fourth-order valence-electron chi connectivity index (χ4n) is 1.67. The van der Waals surface area contributed by atoms with E-state index in [1.807, 2.05) is 36.0 Å². The number of nitrogens with one attached hydrogen (secondary N) is 1. The Balaban J connectivity index is 2.01. The van der Waals surface area contributed by atoms with E-state index in [9.17, 15) is 0 Å². The predicted octanol–water partition coefficient (Wildman–Crippen LogP) is 3.25. The van der Waals surface area contributed by atoms with Crippen LogP contribution in [0.5, 0.6) is 0 Å². The number of aryl methyl sites for hydroxylation is 2. The molecule has 2 aromatic rings. The highest BCUT2D eigenvalue weighted by Gasteiger charge is 2.03. The number of anilines is 1. The smallest absolute Gasteiger partial charge is 0.0625 e. The summed E-state index contributed by atoms with van der Waals surface area (Å²) in [6.45, 7) is 2.88. The van der Waals surface area contributed by atoms with E-state index in [2.05, 4.69) is 23.4 Å². The number of hydrogen-bond donors (Lipinski definition) is 1. The first-order chi connectivity index (χ1) is 8.19. The first kappa shape index (κ1) is 12.0. The summed E-state index contributed by atoms with van der Waals surface area (Å²) >= 11 is 5.83. The molecule has 0 saturated carbocycles. The Morgan fingerprint density at radius 1 is 1.29 bits per heavy atom. The summed E-state index contributed by atoms with van der Waals surface area (Å²) in [7, 11) is 1.97. The van der Waals surface area contributed by atoms with Gasteiger partial charge in [-0.2, -0.15) is 5.10 Å². The molecule has 0 atom stereocenters. The van der Waals surface area contributed by atoms with Gasteiger partial charge in [0.25, 0.3) is 0 Å². The zero-order valence-electron chi connectivity index (χ0n) is 10.1. The zero-order chi connectivity index (χ0) is 12.3. The molecule has 90 valence electrons. The van der Waals surface area contributed by atoms with Gasteiger partial charge in [0.15, 0.2) is 0 Å². The van der Waals surface area contributed by atoms with Gasteiger partial charge in [0.1, 0.15) is 0 Å². The third-order valence-electron chi connectivity index (χ3n) is 2.71. The van der Waals surface area contributed by atoms with Gasteiger partial charge in [0, 0.05) is 17.8 Å². The Hall–Kier alpha value is -1.48. The van der Waals surface area contributed by atoms with E-state index in [4.69, 9.17) is 11.6 Å². The van der Waals surface area contributed by atoms with Crippen molar-refractivity contribution in [1.29, 1.82) is 0 Å². The van der Waals surface area contributed by atoms with Crippen LogP contribution < -0.4 is 5.32 Å². The minimum absolute atomic E-state index is 0.754. The van der Waals surface area contributed by atoms with Crippen molar-refractivity contribution < 1.29 is 0 Å². The number of halogens is 1. The summed E-state index contributed by atoms with van der Waals surface area (Å²) in [5, 5.41) is 8.51. The van der Waals surface area contributed by atoms with E-state index in [1.54, 1.807) is 0 Å². The Bertz CT molecular complexity index is 488. The van der Waals surface area contributed by atoms with Crippen LogP contribution >= 0.6 is 11.6 Å². The van der Waals surface area contributed by atoms with E-state index in [1.165, 1.54) is 5.69 Å². The zero-order valence-corrected chi connectivity index (χ0v) is 10.8. The number of nitrogens with zero attached hydrogens (tertiary/aromatic N) is 2. The lowest BCUT2D eigenvalue weighted by Crippen LogP contribution is -2.05. The average Bonchev–Trinajstić information content (AvgIpc) is 2.69. The maximum Gasteiger partial charge on any atom is 0.0625 e. The van der Waals surface area contributed by atoms with Gasteiger partial charge >= 0.3 is 0 Å². The molecule has 1 aromatic heterocycles. The van der Waals surface area contributed by atoms with Crippen molar-refractivity contribution in [3.63, 3.8) is 0 Å². The first-order valence-electron chi connectivity index (χ1n) is 5.70. The molecule has 0 spiro atoms. The molecule has 1 aromatic carbocycles. The molecular formula is C13H16ClN3. The summed E-state index contributed by atoms with van der Waals surface area (Å²) in [4.78, 5) is 0. The van der Waals surface area contributed by atoms with Crippen LogP contribution in [0.4, 0.5) is 5.69 Å². The molecule has 1 N–H and O–H groups in total. The molecule has 0 aliphatic rings. The van der Waals surface area contributed by atoms with Gasteiger partial charge in [-0.25, -0.2) is 0 Å². The summed E-state index contributed by atoms with van der Waals surface area (Å²) in [6, 6.07) is 9.83. The van der Waals surface area contributed by atoms with Crippen molar-refractivity contribution in [2.75, 3.05) is 5.32 Å². The molecule has 0 unspecified atom stereocenters. The second kappa shape index (κ2) is 5.23. The Labute approximate surface area is 106 Å². The van der Waals surface area contributed by atoms with Gasteiger partial charge in [0.2, 0.25) is 0 Å². The van der Waals surface area contributed by atoms with E-state index >= 15 is 0 Å². The Morgan fingerprint density at radius 2 is 2.00 bits per heavy atom. The second-order valence-corrected chi connectivity index (χ2v) is 4.40. The molecule has 0 aliphatic heterocycles. The lowest BCUT2D eigenvalue weighted by molar-refractivity contribution is 0.707. The average molecular weight is 250 g/mol. The van der Waals surface area contributed by atoms with E-state index in [-0.39, 0.29) is 0 Å². The molecule has 0 bridgehead atoms. The summed E-state index contributed by atoms with van der Waals surface area (Å²) in [5.41, 5.74) is 3.37. The maximum absolute atomic E-state index is 5.83. The topological polar surface area (TPSA) is 29.9 Å². The SMILES string of the molecule is CCc1cc(CNc2ccc(Cl)cc2)n(C)n1. The monoisotopic (exact) mass is 249 g/mol. The minimum atomic E-state index is 0.754. The quantitative estimate of drug-likeness (QED) is 0.902. The van der Waals surface area contributed by atoms with Crippen LogP contribution in [0.15, 0.2) is 30.3 Å².